The van der Waals surface area contributed by atoms with Crippen molar-refractivity contribution in [2.75, 3.05) is 27.3 Å². The minimum absolute atomic E-state index is 0.324. The highest BCUT2D eigenvalue weighted by molar-refractivity contribution is 5.82. The molecule has 1 heterocycles. The summed E-state index contributed by atoms with van der Waals surface area (Å²) < 4.78 is 36.9. The topological polar surface area (TPSA) is 59.6 Å². The normalized spacial score (nSPS) is 19.8. The predicted molar refractivity (Wildman–Crippen MR) is 86.9 cm³/mol. The lowest BCUT2D eigenvalue weighted by Gasteiger charge is -2.27. The van der Waals surface area contributed by atoms with Crippen LogP contribution in [0.4, 0.5) is 8.78 Å². The zero-order valence-electron chi connectivity index (χ0n) is 14.4. The second-order valence-electron chi connectivity index (χ2n) is 6.67. The molecule has 0 aliphatic carbocycles. The van der Waals surface area contributed by atoms with Crippen LogP contribution in [0.15, 0.2) is 18.2 Å². The molecule has 134 valence electrons. The van der Waals surface area contributed by atoms with E-state index >= 15 is 0 Å². The number of alkyl halides is 2. The van der Waals surface area contributed by atoms with Gasteiger partial charge in [0.2, 0.25) is 5.91 Å². The van der Waals surface area contributed by atoms with Crippen LogP contribution in [0.3, 0.4) is 0 Å². The van der Waals surface area contributed by atoms with Crippen LogP contribution in [0, 0.1) is 0 Å². The first-order valence-electron chi connectivity index (χ1n) is 7.80. The summed E-state index contributed by atoms with van der Waals surface area (Å²) in [6.45, 7) is 3.80. The van der Waals surface area contributed by atoms with Crippen molar-refractivity contribution in [3.8, 4) is 11.5 Å². The number of halogens is 2. The lowest BCUT2D eigenvalue weighted by molar-refractivity contribution is -0.123. The number of carbonyl (C=O) groups is 1. The summed E-state index contributed by atoms with van der Waals surface area (Å²) in [6, 6.07) is 4.71. The van der Waals surface area contributed by atoms with E-state index < -0.39 is 36.3 Å². The van der Waals surface area contributed by atoms with Gasteiger partial charge in [0, 0.05) is 18.4 Å². The molecule has 24 heavy (non-hydrogen) atoms. The van der Waals surface area contributed by atoms with Gasteiger partial charge in [-0.05, 0) is 17.7 Å². The Hall–Kier alpha value is -1.89. The molecule has 1 fully saturated rings. The largest absolute Gasteiger partial charge is 0.493 e. The summed E-state index contributed by atoms with van der Waals surface area (Å²) >= 11 is 0. The molecular formula is C17H24F2N2O3. The fraction of sp³-hybridized carbons (Fsp3) is 0.588. The highest BCUT2D eigenvalue weighted by atomic mass is 19.3. The SMILES string of the molecule is COc1ccc(C(C)(C)CNC(=O)C2CC(F)(F)CN2)cc1OC. The summed E-state index contributed by atoms with van der Waals surface area (Å²) in [7, 11) is 3.12. The summed E-state index contributed by atoms with van der Waals surface area (Å²) in [5.41, 5.74) is 0.557. The smallest absolute Gasteiger partial charge is 0.262 e. The van der Waals surface area contributed by atoms with Crippen molar-refractivity contribution >= 4 is 5.91 Å². The van der Waals surface area contributed by atoms with Crippen LogP contribution in [0.25, 0.3) is 0 Å². The molecule has 0 spiro atoms. The maximum Gasteiger partial charge on any atom is 0.262 e. The van der Waals surface area contributed by atoms with Gasteiger partial charge in [0.15, 0.2) is 11.5 Å². The maximum absolute atomic E-state index is 13.2. The third-order valence-corrected chi connectivity index (χ3v) is 4.30. The Labute approximate surface area is 140 Å². The van der Waals surface area contributed by atoms with Crippen LogP contribution in [0.5, 0.6) is 11.5 Å². The van der Waals surface area contributed by atoms with Gasteiger partial charge < -0.3 is 14.8 Å². The van der Waals surface area contributed by atoms with E-state index in [1.807, 2.05) is 26.0 Å². The van der Waals surface area contributed by atoms with E-state index in [9.17, 15) is 13.6 Å². The van der Waals surface area contributed by atoms with E-state index in [2.05, 4.69) is 10.6 Å². The summed E-state index contributed by atoms with van der Waals surface area (Å²) in [4.78, 5) is 12.1. The molecule has 1 aliphatic heterocycles. The lowest BCUT2D eigenvalue weighted by atomic mass is 9.84. The number of methoxy groups -OCH3 is 2. The van der Waals surface area contributed by atoms with Gasteiger partial charge in [0.1, 0.15) is 0 Å². The molecule has 0 aromatic heterocycles. The highest BCUT2D eigenvalue weighted by Crippen LogP contribution is 2.33. The summed E-state index contributed by atoms with van der Waals surface area (Å²) in [5.74, 6) is -1.99. The fourth-order valence-corrected chi connectivity index (χ4v) is 2.69. The zero-order valence-corrected chi connectivity index (χ0v) is 14.4. The summed E-state index contributed by atoms with van der Waals surface area (Å²) in [5, 5.41) is 5.32. The maximum atomic E-state index is 13.2. The first-order valence-corrected chi connectivity index (χ1v) is 7.80. The van der Waals surface area contributed by atoms with E-state index in [1.165, 1.54) is 0 Å². The van der Waals surface area contributed by atoms with Crippen LogP contribution >= 0.6 is 0 Å². The molecule has 1 aromatic rings. The van der Waals surface area contributed by atoms with Gasteiger partial charge in [-0.3, -0.25) is 10.1 Å². The molecule has 2 rings (SSSR count). The van der Waals surface area contributed by atoms with Crippen molar-refractivity contribution in [1.82, 2.24) is 10.6 Å². The number of hydrogen-bond donors (Lipinski definition) is 2. The monoisotopic (exact) mass is 342 g/mol. The molecule has 7 heteroatoms. The predicted octanol–water partition coefficient (Wildman–Crippen LogP) is 2.09. The number of nitrogens with one attached hydrogen (secondary N) is 2. The second kappa shape index (κ2) is 6.93. The van der Waals surface area contributed by atoms with Crippen LogP contribution in [-0.4, -0.2) is 45.2 Å². The van der Waals surface area contributed by atoms with E-state index in [4.69, 9.17) is 9.47 Å². The van der Waals surface area contributed by atoms with Gasteiger partial charge in [0.05, 0.1) is 26.8 Å². The van der Waals surface area contributed by atoms with Gasteiger partial charge in [-0.2, -0.15) is 0 Å². The van der Waals surface area contributed by atoms with Crippen molar-refractivity contribution in [3.63, 3.8) is 0 Å². The van der Waals surface area contributed by atoms with E-state index in [0.29, 0.717) is 18.0 Å². The first kappa shape index (κ1) is 18.4. The van der Waals surface area contributed by atoms with E-state index in [1.54, 1.807) is 20.3 Å². The number of ether oxygens (including phenoxy) is 2. The summed E-state index contributed by atoms with van der Waals surface area (Å²) in [6.07, 6.45) is -0.463. The molecule has 5 nitrogen and oxygen atoms in total. The van der Waals surface area contributed by atoms with Gasteiger partial charge in [-0.1, -0.05) is 19.9 Å². The Morgan fingerprint density at radius 3 is 2.54 bits per heavy atom. The second-order valence-corrected chi connectivity index (χ2v) is 6.67. The quantitative estimate of drug-likeness (QED) is 0.831. The number of benzene rings is 1. The first-order chi connectivity index (χ1) is 11.2. The third kappa shape index (κ3) is 4.14. The van der Waals surface area contributed by atoms with E-state index in [-0.39, 0.29) is 0 Å². The molecule has 1 aromatic carbocycles. The Bertz CT molecular complexity index is 605. The standard InChI is InChI=1S/C17H24F2N2O3/c1-16(2,11-5-6-13(23-3)14(7-11)24-4)9-21-15(22)12-8-17(18,19)10-20-12/h5-7,12,20H,8-10H2,1-4H3,(H,21,22). The highest BCUT2D eigenvalue weighted by Gasteiger charge is 2.42. The van der Waals surface area contributed by atoms with Crippen molar-refractivity contribution in [2.45, 2.75) is 37.6 Å². The molecular weight excluding hydrogens is 318 g/mol. The van der Waals surface area contributed by atoms with Crippen molar-refractivity contribution in [3.05, 3.63) is 23.8 Å². The molecule has 1 saturated heterocycles. The molecule has 0 saturated carbocycles. The van der Waals surface area contributed by atoms with Crippen molar-refractivity contribution in [2.24, 2.45) is 0 Å². The fourth-order valence-electron chi connectivity index (χ4n) is 2.69. The van der Waals surface area contributed by atoms with Crippen LogP contribution < -0.4 is 20.1 Å². The van der Waals surface area contributed by atoms with Crippen LogP contribution in [-0.2, 0) is 10.2 Å². The van der Waals surface area contributed by atoms with Crippen LogP contribution in [0.1, 0.15) is 25.8 Å². The average molecular weight is 342 g/mol. The minimum Gasteiger partial charge on any atom is -0.493 e. The number of carbonyl (C=O) groups excluding carboxylic acids is 1. The number of hydrogen-bond acceptors (Lipinski definition) is 4. The molecule has 0 radical (unpaired) electrons. The number of amides is 1. The minimum atomic E-state index is -2.82. The zero-order chi connectivity index (χ0) is 18.0. The van der Waals surface area contributed by atoms with Crippen LogP contribution in [0.2, 0.25) is 0 Å². The molecule has 1 unspecified atom stereocenters. The molecule has 1 atom stereocenters. The third-order valence-electron chi connectivity index (χ3n) is 4.30. The van der Waals surface area contributed by atoms with Gasteiger partial charge in [-0.15, -0.1) is 0 Å². The molecule has 2 N–H and O–H groups in total. The Balaban J connectivity index is 2.02. The molecule has 1 aliphatic rings. The Morgan fingerprint density at radius 1 is 1.33 bits per heavy atom. The number of rotatable bonds is 6. The van der Waals surface area contributed by atoms with Gasteiger partial charge >= 0.3 is 0 Å². The Morgan fingerprint density at radius 2 is 2.00 bits per heavy atom. The van der Waals surface area contributed by atoms with Crippen molar-refractivity contribution in [1.29, 1.82) is 0 Å². The molecule has 0 bridgehead atoms. The molecule has 1 amide bonds. The average Bonchev–Trinajstić information content (AvgIpc) is 2.92. The van der Waals surface area contributed by atoms with Crippen molar-refractivity contribution < 1.29 is 23.0 Å². The van der Waals surface area contributed by atoms with Gasteiger partial charge in [-0.25, -0.2) is 8.78 Å². The lowest BCUT2D eigenvalue weighted by Crippen LogP contribution is -2.45. The van der Waals surface area contributed by atoms with E-state index in [0.717, 1.165) is 5.56 Å². The van der Waals surface area contributed by atoms with Gasteiger partial charge in [0.25, 0.3) is 5.92 Å². The Kier molecular flexibility index (Phi) is 5.32.